The van der Waals surface area contributed by atoms with Gasteiger partial charge < -0.3 is 26.8 Å². The molecule has 1 aromatic heterocycles. The second-order valence-electron chi connectivity index (χ2n) is 3.11. The van der Waals surface area contributed by atoms with Crippen LogP contribution in [0.1, 0.15) is 31.9 Å². The van der Waals surface area contributed by atoms with E-state index in [1.807, 2.05) is 0 Å². The second-order valence-corrected chi connectivity index (χ2v) is 3.11. The molecule has 5 nitrogen and oxygen atoms in total. The Morgan fingerprint density at radius 2 is 2.24 bits per heavy atom. The average Bonchev–Trinajstić information content (AvgIpc) is 2.31. The summed E-state index contributed by atoms with van der Waals surface area (Å²) in [5.74, 6) is 0.0219. The molecule has 1 N–H and O–H groups in total. The number of rotatable bonds is 3. The Labute approximate surface area is 116 Å². The van der Waals surface area contributed by atoms with Gasteiger partial charge >= 0.3 is 0 Å². The number of hydrogen-bond acceptors (Lipinski definition) is 4. The van der Waals surface area contributed by atoms with Crippen LogP contribution in [-0.4, -0.2) is 22.3 Å². The van der Waals surface area contributed by atoms with Gasteiger partial charge in [0.1, 0.15) is 0 Å². The molecule has 0 unspecified atom stereocenters. The van der Waals surface area contributed by atoms with Crippen LogP contribution in [0.5, 0.6) is 0 Å². The monoisotopic (exact) mass is 404 g/mol. The number of imide groups is 1. The number of aromatic nitrogens is 2. The van der Waals surface area contributed by atoms with Gasteiger partial charge in [0.25, 0.3) is 0 Å². The SMILES string of the molecule is CC(C)c1[c-]nccn1.[CH2-]CC(=O)N[C-]=O.[W]. The third-order valence-electron chi connectivity index (χ3n) is 1.50. The molecule has 1 aromatic rings. The predicted octanol–water partition coefficient (Wildman–Crippen LogP) is 0.792. The van der Waals surface area contributed by atoms with E-state index in [-0.39, 0.29) is 27.5 Å². The van der Waals surface area contributed by atoms with Gasteiger partial charge in [-0.2, -0.15) is 6.42 Å². The minimum atomic E-state index is -0.407. The van der Waals surface area contributed by atoms with E-state index < -0.39 is 5.91 Å². The van der Waals surface area contributed by atoms with E-state index in [4.69, 9.17) is 0 Å². The minimum absolute atomic E-state index is 0. The van der Waals surface area contributed by atoms with Crippen molar-refractivity contribution in [2.75, 3.05) is 0 Å². The summed E-state index contributed by atoms with van der Waals surface area (Å²) < 4.78 is 0. The molecule has 0 aliphatic heterocycles. The largest absolute Gasteiger partial charge is 0.464 e. The number of carbonyl (C=O) groups excluding carboxylic acids is 2. The fraction of sp³-hybridized carbons (Fsp3) is 0.364. The minimum Gasteiger partial charge on any atom is -0.464 e. The molecule has 0 fully saturated rings. The molecule has 94 valence electrons. The van der Waals surface area contributed by atoms with Gasteiger partial charge in [0.2, 0.25) is 0 Å². The van der Waals surface area contributed by atoms with Crippen molar-refractivity contribution in [2.24, 2.45) is 0 Å². The van der Waals surface area contributed by atoms with Crippen molar-refractivity contribution in [3.8, 4) is 0 Å². The number of amides is 2. The Balaban J connectivity index is 0. The summed E-state index contributed by atoms with van der Waals surface area (Å²) in [4.78, 5) is 27.1. The van der Waals surface area contributed by atoms with Crippen LogP contribution in [-0.2, 0) is 30.7 Å². The Hall–Kier alpha value is -1.09. The molecule has 0 spiro atoms. The van der Waals surface area contributed by atoms with E-state index in [2.05, 4.69) is 36.9 Å². The maximum Gasteiger partial charge on any atom is 0.0713 e. The molecule has 0 aliphatic rings. The molecule has 6 heteroatoms. The van der Waals surface area contributed by atoms with Crippen LogP contribution in [0.2, 0.25) is 0 Å². The van der Waals surface area contributed by atoms with Crippen LogP contribution in [0.3, 0.4) is 0 Å². The third kappa shape index (κ3) is 9.82. The van der Waals surface area contributed by atoms with Gasteiger partial charge in [-0.05, 0) is 17.8 Å². The molecule has 0 aromatic carbocycles. The average molecular weight is 404 g/mol. The number of nitrogens with zero attached hydrogens (tertiary/aromatic N) is 2. The molecule has 2 amide bonds. The zero-order valence-corrected chi connectivity index (χ0v) is 12.7. The molecule has 1 rings (SSSR count). The maximum atomic E-state index is 9.98. The van der Waals surface area contributed by atoms with Gasteiger partial charge in [-0.15, -0.1) is 12.4 Å². The first-order chi connectivity index (χ1) is 7.61. The normalized spacial score (nSPS) is 8.47. The summed E-state index contributed by atoms with van der Waals surface area (Å²) in [6, 6.07) is 0. The Bertz CT molecular complexity index is 318. The summed E-state index contributed by atoms with van der Waals surface area (Å²) in [5.41, 5.74) is 0.928. The standard InChI is InChI=1S/C7H9N2.C4H5NO2.W/c1-6(2)7-5-8-3-4-9-7;1-2-4(7)5-3-6;/h3-4,6H,1-2H3;1-2H2,(H,5,6,7);/q-1;-2;. The maximum absolute atomic E-state index is 9.98. The fourth-order valence-electron chi connectivity index (χ4n) is 0.677. The Morgan fingerprint density at radius 3 is 2.47 bits per heavy atom. The fourth-order valence-corrected chi connectivity index (χ4v) is 0.677. The van der Waals surface area contributed by atoms with E-state index in [0.717, 1.165) is 5.69 Å². The third-order valence-corrected chi connectivity index (χ3v) is 1.50. The van der Waals surface area contributed by atoms with Crippen molar-refractivity contribution >= 4 is 12.3 Å². The van der Waals surface area contributed by atoms with Gasteiger partial charge in [0.05, 0.1) is 6.41 Å². The van der Waals surface area contributed by atoms with Crippen LogP contribution in [0, 0.1) is 13.1 Å². The van der Waals surface area contributed by atoms with Gasteiger partial charge in [-0.25, -0.2) is 0 Å². The van der Waals surface area contributed by atoms with E-state index in [1.54, 1.807) is 17.7 Å². The van der Waals surface area contributed by atoms with Crippen molar-refractivity contribution in [1.82, 2.24) is 15.3 Å². The van der Waals surface area contributed by atoms with Crippen LogP contribution < -0.4 is 5.32 Å². The predicted molar refractivity (Wildman–Crippen MR) is 58.8 cm³/mol. The zero-order chi connectivity index (χ0) is 12.4. The van der Waals surface area contributed by atoms with Gasteiger partial charge in [-0.3, -0.25) is 4.98 Å². The van der Waals surface area contributed by atoms with Crippen LogP contribution >= 0.6 is 0 Å². The summed E-state index contributed by atoms with van der Waals surface area (Å²) in [5, 5.41) is 1.79. The molecule has 0 atom stereocenters. The van der Waals surface area contributed by atoms with E-state index in [1.165, 1.54) is 6.41 Å². The van der Waals surface area contributed by atoms with Crippen LogP contribution in [0.15, 0.2) is 12.4 Å². The molecule has 17 heavy (non-hydrogen) atoms. The zero-order valence-electron chi connectivity index (χ0n) is 9.77. The Kier molecular flexibility index (Phi) is 12.3. The summed E-state index contributed by atoms with van der Waals surface area (Å²) in [6.07, 6.45) is 7.43. The molecule has 0 bridgehead atoms. The molecular weight excluding hydrogens is 390 g/mol. The number of hydrogen-bond donors (Lipinski definition) is 1. The molecule has 0 saturated carbocycles. The molecular formula is C11H14N3O2W-3. The molecule has 0 radical (unpaired) electrons. The topological polar surface area (TPSA) is 72.0 Å². The summed E-state index contributed by atoms with van der Waals surface area (Å²) in [7, 11) is 0. The van der Waals surface area contributed by atoms with Gasteiger partial charge in [0, 0.05) is 27.0 Å². The Morgan fingerprint density at radius 1 is 1.59 bits per heavy atom. The van der Waals surface area contributed by atoms with Crippen molar-refractivity contribution in [3.63, 3.8) is 0 Å². The first-order valence-corrected chi connectivity index (χ1v) is 4.75. The molecule has 0 aliphatic carbocycles. The van der Waals surface area contributed by atoms with E-state index >= 15 is 0 Å². The summed E-state index contributed by atoms with van der Waals surface area (Å²) in [6.45, 7) is 7.35. The first-order valence-electron chi connectivity index (χ1n) is 4.75. The molecule has 0 saturated heterocycles. The van der Waals surface area contributed by atoms with Crippen LogP contribution in [0.25, 0.3) is 0 Å². The van der Waals surface area contributed by atoms with Crippen molar-refractivity contribution in [1.29, 1.82) is 0 Å². The van der Waals surface area contributed by atoms with Crippen molar-refractivity contribution in [2.45, 2.75) is 26.2 Å². The van der Waals surface area contributed by atoms with E-state index in [0.29, 0.717) is 5.92 Å². The van der Waals surface area contributed by atoms with Gasteiger partial charge in [-0.1, -0.05) is 13.8 Å². The number of nitrogens with one attached hydrogen (secondary N) is 1. The molecule has 1 heterocycles. The summed E-state index contributed by atoms with van der Waals surface area (Å²) >= 11 is 0. The second kappa shape index (κ2) is 11.4. The first kappa shape index (κ1) is 18.3. The van der Waals surface area contributed by atoms with E-state index in [9.17, 15) is 9.59 Å². The van der Waals surface area contributed by atoms with Crippen LogP contribution in [0.4, 0.5) is 0 Å². The smallest absolute Gasteiger partial charge is 0.0713 e. The van der Waals surface area contributed by atoms with Crippen molar-refractivity contribution in [3.05, 3.63) is 31.2 Å². The number of carbonyl (C=O) groups is 1. The van der Waals surface area contributed by atoms with Crippen molar-refractivity contribution < 1.29 is 30.7 Å². The van der Waals surface area contributed by atoms with Gasteiger partial charge in [0.15, 0.2) is 0 Å². The quantitative estimate of drug-likeness (QED) is 0.598.